The molecule has 1 saturated heterocycles. The van der Waals surface area contributed by atoms with Crippen molar-refractivity contribution in [3.8, 4) is 0 Å². The van der Waals surface area contributed by atoms with Gasteiger partial charge in [0, 0.05) is 13.1 Å². The van der Waals surface area contributed by atoms with Gasteiger partial charge in [-0.25, -0.2) is 0 Å². The summed E-state index contributed by atoms with van der Waals surface area (Å²) in [5.74, 6) is 0. The molecule has 1 saturated carbocycles. The second kappa shape index (κ2) is 3.97. The molecule has 0 aromatic rings. The first kappa shape index (κ1) is 9.47. The Bertz CT molecular complexity index is 157. The summed E-state index contributed by atoms with van der Waals surface area (Å²) in [5.41, 5.74) is 0.162. The smallest absolute Gasteiger partial charge is 0.0905 e. The molecule has 0 atom stereocenters. The van der Waals surface area contributed by atoms with E-state index in [0.717, 1.165) is 13.1 Å². The fourth-order valence-electron chi connectivity index (χ4n) is 2.32. The first-order valence-corrected chi connectivity index (χ1v) is 5.67. The molecule has 2 aliphatic rings. The van der Waals surface area contributed by atoms with E-state index >= 15 is 0 Å². The van der Waals surface area contributed by atoms with Crippen molar-refractivity contribution in [1.29, 1.82) is 0 Å². The summed E-state index contributed by atoms with van der Waals surface area (Å²) >= 11 is 0. The lowest BCUT2D eigenvalue weighted by Gasteiger charge is -2.41. The van der Waals surface area contributed by atoms with Crippen LogP contribution in [-0.2, 0) is 4.74 Å². The second-order valence-electron chi connectivity index (χ2n) is 4.78. The highest BCUT2D eigenvalue weighted by Crippen LogP contribution is 2.26. The van der Waals surface area contributed by atoms with Gasteiger partial charge in [0.05, 0.1) is 11.7 Å². The molecule has 0 aromatic carbocycles. The van der Waals surface area contributed by atoms with Crippen LogP contribution < -0.4 is 5.32 Å². The lowest BCUT2D eigenvalue weighted by molar-refractivity contribution is -0.114. The second-order valence-corrected chi connectivity index (χ2v) is 4.78. The lowest BCUT2D eigenvalue weighted by Crippen LogP contribution is -2.60. The van der Waals surface area contributed by atoms with E-state index in [1.807, 2.05) is 0 Å². The molecule has 0 radical (unpaired) electrons. The van der Waals surface area contributed by atoms with Gasteiger partial charge in [0.2, 0.25) is 0 Å². The zero-order valence-corrected chi connectivity index (χ0v) is 8.64. The van der Waals surface area contributed by atoms with Crippen LogP contribution in [0.25, 0.3) is 0 Å². The summed E-state index contributed by atoms with van der Waals surface area (Å²) < 4.78 is 6.13. The average Bonchev–Trinajstić information content (AvgIpc) is 2.30. The van der Waals surface area contributed by atoms with Gasteiger partial charge < -0.3 is 10.1 Å². The van der Waals surface area contributed by atoms with Gasteiger partial charge >= 0.3 is 0 Å². The Labute approximate surface area is 81.0 Å². The van der Waals surface area contributed by atoms with E-state index in [-0.39, 0.29) is 5.60 Å². The highest BCUT2D eigenvalue weighted by atomic mass is 16.5. The summed E-state index contributed by atoms with van der Waals surface area (Å²) in [6.07, 6.45) is 8.69. The topological polar surface area (TPSA) is 21.3 Å². The molecule has 76 valence electrons. The lowest BCUT2D eigenvalue weighted by atomic mass is 9.99. The Hall–Kier alpha value is -0.0800. The van der Waals surface area contributed by atoms with E-state index < -0.39 is 0 Å². The van der Waals surface area contributed by atoms with Gasteiger partial charge in [-0.1, -0.05) is 25.7 Å². The van der Waals surface area contributed by atoms with Crippen molar-refractivity contribution in [1.82, 2.24) is 5.32 Å². The van der Waals surface area contributed by atoms with E-state index in [4.69, 9.17) is 4.74 Å². The molecule has 2 rings (SSSR count). The number of ether oxygens (including phenoxy) is 1. The first-order valence-electron chi connectivity index (χ1n) is 5.67. The zero-order valence-electron chi connectivity index (χ0n) is 8.64. The van der Waals surface area contributed by atoms with Crippen molar-refractivity contribution in [2.24, 2.45) is 0 Å². The highest BCUT2D eigenvalue weighted by Gasteiger charge is 2.35. The van der Waals surface area contributed by atoms with E-state index in [9.17, 15) is 0 Å². The van der Waals surface area contributed by atoms with Crippen LogP contribution in [0.1, 0.15) is 45.4 Å². The number of hydrogen-bond donors (Lipinski definition) is 1. The maximum atomic E-state index is 6.13. The van der Waals surface area contributed by atoms with E-state index in [0.29, 0.717) is 6.10 Å². The molecule has 1 aliphatic carbocycles. The standard InChI is InChI=1S/C11H21NO/c1-11(8-12-9-11)13-10-6-4-2-3-5-7-10/h10,12H,2-9H2,1H3. The number of nitrogens with one attached hydrogen (secondary N) is 1. The fraction of sp³-hybridized carbons (Fsp3) is 1.00. The molecule has 1 aliphatic heterocycles. The van der Waals surface area contributed by atoms with Gasteiger partial charge in [0.15, 0.2) is 0 Å². The van der Waals surface area contributed by atoms with Crippen LogP contribution in [0.15, 0.2) is 0 Å². The van der Waals surface area contributed by atoms with Crippen LogP contribution in [0, 0.1) is 0 Å². The molecule has 0 aromatic heterocycles. The monoisotopic (exact) mass is 183 g/mol. The van der Waals surface area contributed by atoms with Crippen molar-refractivity contribution in [3.63, 3.8) is 0 Å². The van der Waals surface area contributed by atoms with Crippen LogP contribution in [0.2, 0.25) is 0 Å². The van der Waals surface area contributed by atoms with Gasteiger partial charge in [0.25, 0.3) is 0 Å². The SMILES string of the molecule is CC1(OC2CCCCCC2)CNC1. The third-order valence-electron chi connectivity index (χ3n) is 3.25. The van der Waals surface area contributed by atoms with Crippen molar-refractivity contribution < 1.29 is 4.74 Å². The predicted octanol–water partition coefficient (Wildman–Crippen LogP) is 2.09. The predicted molar refractivity (Wildman–Crippen MR) is 53.8 cm³/mol. The quantitative estimate of drug-likeness (QED) is 0.662. The molecule has 2 fully saturated rings. The van der Waals surface area contributed by atoms with Crippen molar-refractivity contribution in [2.75, 3.05) is 13.1 Å². The van der Waals surface area contributed by atoms with Gasteiger partial charge in [0.1, 0.15) is 0 Å². The summed E-state index contributed by atoms with van der Waals surface area (Å²) in [6.45, 7) is 4.32. The molecule has 13 heavy (non-hydrogen) atoms. The van der Waals surface area contributed by atoms with Crippen LogP contribution in [-0.4, -0.2) is 24.8 Å². The average molecular weight is 183 g/mol. The largest absolute Gasteiger partial charge is 0.369 e. The Morgan fingerprint density at radius 1 is 1.08 bits per heavy atom. The van der Waals surface area contributed by atoms with E-state index in [2.05, 4.69) is 12.2 Å². The van der Waals surface area contributed by atoms with Crippen LogP contribution in [0.4, 0.5) is 0 Å². The molecular formula is C11H21NO. The molecule has 0 amide bonds. The fourth-order valence-corrected chi connectivity index (χ4v) is 2.32. The minimum absolute atomic E-state index is 0.162. The van der Waals surface area contributed by atoms with Gasteiger partial charge in [-0.3, -0.25) is 0 Å². The Kier molecular flexibility index (Phi) is 2.89. The van der Waals surface area contributed by atoms with Gasteiger partial charge in [-0.05, 0) is 19.8 Å². The molecule has 2 nitrogen and oxygen atoms in total. The molecule has 0 spiro atoms. The Balaban J connectivity index is 1.78. The van der Waals surface area contributed by atoms with Crippen molar-refractivity contribution in [2.45, 2.75) is 57.2 Å². The van der Waals surface area contributed by atoms with Crippen LogP contribution in [0.3, 0.4) is 0 Å². The van der Waals surface area contributed by atoms with Crippen LogP contribution >= 0.6 is 0 Å². The number of hydrogen-bond acceptors (Lipinski definition) is 2. The van der Waals surface area contributed by atoms with Crippen molar-refractivity contribution in [3.05, 3.63) is 0 Å². The van der Waals surface area contributed by atoms with Gasteiger partial charge in [-0.2, -0.15) is 0 Å². The van der Waals surface area contributed by atoms with Gasteiger partial charge in [-0.15, -0.1) is 0 Å². The summed E-state index contributed by atoms with van der Waals surface area (Å²) in [6, 6.07) is 0. The number of rotatable bonds is 2. The van der Waals surface area contributed by atoms with E-state index in [1.54, 1.807) is 0 Å². The normalized spacial score (nSPS) is 29.3. The van der Waals surface area contributed by atoms with E-state index in [1.165, 1.54) is 38.5 Å². The molecular weight excluding hydrogens is 162 g/mol. The molecule has 2 heteroatoms. The zero-order chi connectivity index (χ0) is 9.15. The van der Waals surface area contributed by atoms with Crippen LogP contribution in [0.5, 0.6) is 0 Å². The summed E-state index contributed by atoms with van der Waals surface area (Å²) in [5, 5.41) is 3.28. The maximum Gasteiger partial charge on any atom is 0.0905 e. The highest BCUT2D eigenvalue weighted by molar-refractivity contribution is 4.91. The summed E-state index contributed by atoms with van der Waals surface area (Å²) in [4.78, 5) is 0. The third kappa shape index (κ3) is 2.44. The third-order valence-corrected chi connectivity index (χ3v) is 3.25. The molecule has 1 heterocycles. The minimum Gasteiger partial charge on any atom is -0.369 e. The Morgan fingerprint density at radius 3 is 2.15 bits per heavy atom. The minimum atomic E-state index is 0.162. The first-order chi connectivity index (χ1) is 6.29. The van der Waals surface area contributed by atoms with Crippen molar-refractivity contribution >= 4 is 0 Å². The Morgan fingerprint density at radius 2 is 1.69 bits per heavy atom. The molecule has 1 N–H and O–H groups in total. The maximum absolute atomic E-state index is 6.13. The summed E-state index contributed by atoms with van der Waals surface area (Å²) in [7, 11) is 0. The molecule has 0 unspecified atom stereocenters. The molecule has 0 bridgehead atoms.